The van der Waals surface area contributed by atoms with Crippen LogP contribution in [0.3, 0.4) is 0 Å². The SMILES string of the molecule is CC(C)N(Cc1ccccc1)C(=O)CSc1nnc(SCC(N)=O)s1. The van der Waals surface area contributed by atoms with E-state index in [9.17, 15) is 9.59 Å². The van der Waals surface area contributed by atoms with Gasteiger partial charge in [0.15, 0.2) is 8.68 Å². The summed E-state index contributed by atoms with van der Waals surface area (Å²) in [6, 6.07) is 10.1. The van der Waals surface area contributed by atoms with Gasteiger partial charge < -0.3 is 10.6 Å². The molecule has 0 fully saturated rings. The molecule has 1 aromatic carbocycles. The van der Waals surface area contributed by atoms with Crippen LogP contribution in [0.4, 0.5) is 0 Å². The molecule has 0 aliphatic carbocycles. The van der Waals surface area contributed by atoms with Crippen LogP contribution in [-0.2, 0) is 16.1 Å². The first-order chi connectivity index (χ1) is 12.0. The van der Waals surface area contributed by atoms with E-state index >= 15 is 0 Å². The zero-order chi connectivity index (χ0) is 18.2. The third-order valence-electron chi connectivity index (χ3n) is 3.18. The molecular formula is C16H20N4O2S3. The molecule has 2 aromatic rings. The standard InChI is InChI=1S/C16H20N4O2S3/c1-11(2)20(8-12-6-4-3-5-7-12)14(22)10-24-16-19-18-15(25-16)23-9-13(17)21/h3-7,11H,8-10H2,1-2H3,(H2,17,21). The first kappa shape index (κ1) is 19.7. The Balaban J connectivity index is 1.89. The summed E-state index contributed by atoms with van der Waals surface area (Å²) in [6.45, 7) is 4.61. The van der Waals surface area contributed by atoms with Crippen LogP contribution in [0.1, 0.15) is 19.4 Å². The monoisotopic (exact) mass is 396 g/mol. The van der Waals surface area contributed by atoms with Crippen molar-refractivity contribution in [1.29, 1.82) is 0 Å². The maximum atomic E-state index is 12.6. The molecule has 0 unspecified atom stereocenters. The summed E-state index contributed by atoms with van der Waals surface area (Å²) >= 11 is 3.99. The number of benzene rings is 1. The molecule has 2 rings (SSSR count). The van der Waals surface area contributed by atoms with Crippen molar-refractivity contribution in [3.05, 3.63) is 35.9 Å². The van der Waals surface area contributed by atoms with E-state index in [0.717, 1.165) is 5.56 Å². The first-order valence-electron chi connectivity index (χ1n) is 7.66. The van der Waals surface area contributed by atoms with Crippen molar-refractivity contribution < 1.29 is 9.59 Å². The molecule has 0 bridgehead atoms. The molecule has 1 aromatic heterocycles. The minimum Gasteiger partial charge on any atom is -0.369 e. The Morgan fingerprint density at radius 1 is 1.12 bits per heavy atom. The third-order valence-corrected chi connectivity index (χ3v) is 6.38. The molecule has 6 nitrogen and oxygen atoms in total. The predicted octanol–water partition coefficient (Wildman–Crippen LogP) is 2.64. The minimum absolute atomic E-state index is 0.0605. The molecule has 0 aliphatic heterocycles. The Morgan fingerprint density at radius 3 is 2.28 bits per heavy atom. The zero-order valence-corrected chi connectivity index (χ0v) is 16.5. The molecule has 1 heterocycles. The van der Waals surface area contributed by atoms with Crippen molar-refractivity contribution in [3.8, 4) is 0 Å². The maximum Gasteiger partial charge on any atom is 0.233 e. The van der Waals surface area contributed by atoms with Gasteiger partial charge in [-0.1, -0.05) is 65.2 Å². The van der Waals surface area contributed by atoms with Crippen molar-refractivity contribution in [1.82, 2.24) is 15.1 Å². The average Bonchev–Trinajstić information content (AvgIpc) is 3.04. The lowest BCUT2D eigenvalue weighted by Crippen LogP contribution is -2.37. The Labute approximate surface area is 159 Å². The van der Waals surface area contributed by atoms with Gasteiger partial charge in [0.1, 0.15) is 0 Å². The lowest BCUT2D eigenvalue weighted by Gasteiger charge is -2.26. The van der Waals surface area contributed by atoms with Crippen LogP contribution in [0.25, 0.3) is 0 Å². The van der Waals surface area contributed by atoms with E-state index in [-0.39, 0.29) is 17.7 Å². The molecule has 0 aliphatic rings. The molecule has 0 saturated heterocycles. The summed E-state index contributed by atoms with van der Waals surface area (Å²) in [7, 11) is 0. The van der Waals surface area contributed by atoms with E-state index < -0.39 is 5.91 Å². The van der Waals surface area contributed by atoms with Gasteiger partial charge >= 0.3 is 0 Å². The summed E-state index contributed by atoms with van der Waals surface area (Å²) in [6.07, 6.45) is 0. The van der Waals surface area contributed by atoms with E-state index in [4.69, 9.17) is 5.73 Å². The number of thioether (sulfide) groups is 2. The Morgan fingerprint density at radius 2 is 1.72 bits per heavy atom. The number of nitrogens with zero attached hydrogens (tertiary/aromatic N) is 3. The fourth-order valence-corrected chi connectivity index (χ4v) is 4.64. The second-order valence-corrected chi connectivity index (χ2v) is 8.90. The van der Waals surface area contributed by atoms with Crippen LogP contribution < -0.4 is 5.73 Å². The molecule has 0 saturated carbocycles. The summed E-state index contributed by atoms with van der Waals surface area (Å²) in [5.74, 6) is 0.153. The molecule has 0 atom stereocenters. The number of nitrogens with two attached hydrogens (primary N) is 1. The highest BCUT2D eigenvalue weighted by Gasteiger charge is 2.18. The van der Waals surface area contributed by atoms with Gasteiger partial charge in [0, 0.05) is 12.6 Å². The van der Waals surface area contributed by atoms with Crippen molar-refractivity contribution in [3.63, 3.8) is 0 Å². The zero-order valence-electron chi connectivity index (χ0n) is 14.0. The Bertz CT molecular complexity index is 706. The normalized spacial score (nSPS) is 10.8. The minimum atomic E-state index is -0.391. The smallest absolute Gasteiger partial charge is 0.233 e. The van der Waals surface area contributed by atoms with Gasteiger partial charge in [0.2, 0.25) is 11.8 Å². The van der Waals surface area contributed by atoms with E-state index in [1.54, 1.807) is 0 Å². The number of rotatable bonds is 9. The van der Waals surface area contributed by atoms with Crippen LogP contribution in [0, 0.1) is 0 Å². The van der Waals surface area contributed by atoms with Crippen LogP contribution in [0.15, 0.2) is 39.0 Å². The number of primary amides is 1. The van der Waals surface area contributed by atoms with Crippen LogP contribution in [-0.4, -0.2) is 44.5 Å². The molecule has 2 amide bonds. The van der Waals surface area contributed by atoms with Gasteiger partial charge in [-0.2, -0.15) is 0 Å². The number of aromatic nitrogens is 2. The first-order valence-corrected chi connectivity index (χ1v) is 10.4. The van der Waals surface area contributed by atoms with Crippen LogP contribution in [0.2, 0.25) is 0 Å². The summed E-state index contributed by atoms with van der Waals surface area (Å²) in [4.78, 5) is 25.2. The topological polar surface area (TPSA) is 89.2 Å². The molecule has 0 radical (unpaired) electrons. The molecule has 9 heteroatoms. The van der Waals surface area contributed by atoms with Crippen molar-refractivity contribution in [2.45, 2.75) is 35.1 Å². The third kappa shape index (κ3) is 6.68. The summed E-state index contributed by atoms with van der Waals surface area (Å²) in [5, 5.41) is 8.03. The molecule has 25 heavy (non-hydrogen) atoms. The van der Waals surface area contributed by atoms with Gasteiger partial charge in [-0.3, -0.25) is 9.59 Å². The van der Waals surface area contributed by atoms with Gasteiger partial charge in [-0.15, -0.1) is 10.2 Å². The van der Waals surface area contributed by atoms with Crippen molar-refractivity contribution in [2.24, 2.45) is 5.73 Å². The van der Waals surface area contributed by atoms with Gasteiger partial charge in [0.05, 0.1) is 11.5 Å². The number of carbonyl (C=O) groups is 2. The van der Waals surface area contributed by atoms with E-state index in [2.05, 4.69) is 10.2 Å². The average molecular weight is 397 g/mol. The second kappa shape index (κ2) is 9.79. The maximum absolute atomic E-state index is 12.6. The van der Waals surface area contributed by atoms with Gasteiger partial charge in [-0.25, -0.2) is 0 Å². The molecule has 0 spiro atoms. The molecule has 134 valence electrons. The van der Waals surface area contributed by atoms with Crippen molar-refractivity contribution in [2.75, 3.05) is 11.5 Å². The van der Waals surface area contributed by atoms with E-state index in [1.807, 2.05) is 49.1 Å². The van der Waals surface area contributed by atoms with Gasteiger partial charge in [0.25, 0.3) is 0 Å². The van der Waals surface area contributed by atoms with Crippen molar-refractivity contribution >= 4 is 46.7 Å². The molecular weight excluding hydrogens is 376 g/mol. The van der Waals surface area contributed by atoms with Crippen LogP contribution >= 0.6 is 34.9 Å². The fraction of sp³-hybridized carbons (Fsp3) is 0.375. The lowest BCUT2D eigenvalue weighted by atomic mass is 10.2. The number of amides is 2. The predicted molar refractivity (Wildman–Crippen MR) is 103 cm³/mol. The number of hydrogen-bond acceptors (Lipinski definition) is 7. The van der Waals surface area contributed by atoms with E-state index in [1.165, 1.54) is 34.9 Å². The molecule has 2 N–H and O–H groups in total. The van der Waals surface area contributed by atoms with Gasteiger partial charge in [-0.05, 0) is 19.4 Å². The Hall–Kier alpha value is -1.58. The quantitative estimate of drug-likeness (QED) is 0.656. The largest absolute Gasteiger partial charge is 0.369 e. The van der Waals surface area contributed by atoms with Crippen LogP contribution in [0.5, 0.6) is 0 Å². The Kier molecular flexibility index (Phi) is 7.73. The highest BCUT2D eigenvalue weighted by Crippen LogP contribution is 2.29. The summed E-state index contributed by atoms with van der Waals surface area (Å²) in [5.41, 5.74) is 6.22. The number of carbonyl (C=O) groups excluding carboxylic acids is 2. The summed E-state index contributed by atoms with van der Waals surface area (Å²) < 4.78 is 1.39. The highest BCUT2D eigenvalue weighted by atomic mass is 32.2. The lowest BCUT2D eigenvalue weighted by molar-refractivity contribution is -0.130. The fourth-order valence-electron chi connectivity index (χ4n) is 1.99. The second-order valence-electron chi connectivity index (χ2n) is 5.48. The number of hydrogen-bond donors (Lipinski definition) is 1. The highest BCUT2D eigenvalue weighted by molar-refractivity contribution is 8.03. The van der Waals surface area contributed by atoms with E-state index in [0.29, 0.717) is 21.0 Å².